The van der Waals surface area contributed by atoms with Crippen LogP contribution in [0, 0.1) is 0 Å². The molecular formula is C20H20Si. The van der Waals surface area contributed by atoms with E-state index in [1.807, 2.05) is 0 Å². The van der Waals surface area contributed by atoms with Crippen LogP contribution in [0.25, 0.3) is 21.9 Å². The second-order valence-electron chi connectivity index (χ2n) is 6.37. The van der Waals surface area contributed by atoms with E-state index in [4.69, 9.17) is 0 Å². The molecule has 1 aliphatic rings. The second-order valence-corrected chi connectivity index (χ2v) is 10.6. The molecule has 1 heteroatoms. The van der Waals surface area contributed by atoms with Gasteiger partial charge in [0.1, 0.15) is 8.07 Å². The molecule has 21 heavy (non-hydrogen) atoms. The largest absolute Gasteiger partial charge is 0.116 e. The normalized spacial score (nSPS) is 19.5. The van der Waals surface area contributed by atoms with Crippen molar-refractivity contribution in [1.29, 1.82) is 0 Å². The highest BCUT2D eigenvalue weighted by Gasteiger charge is 2.40. The third kappa shape index (κ3) is 1.74. The van der Waals surface area contributed by atoms with Crippen molar-refractivity contribution in [3.8, 4) is 11.1 Å². The molecule has 0 nitrogen and oxygen atoms in total. The van der Waals surface area contributed by atoms with Crippen LogP contribution in [0.4, 0.5) is 0 Å². The fraction of sp³-hybridized carbons (Fsp3) is 0.200. The first-order valence-electron chi connectivity index (χ1n) is 7.87. The molecule has 3 aromatic rings. The number of hydrogen-bond acceptors (Lipinski definition) is 0. The predicted octanol–water partition coefficient (Wildman–Crippen LogP) is 4.42. The van der Waals surface area contributed by atoms with Gasteiger partial charge in [0.15, 0.2) is 0 Å². The minimum Gasteiger partial charge on any atom is -0.0656 e. The first kappa shape index (κ1) is 12.8. The third-order valence-corrected chi connectivity index (χ3v) is 9.77. The first-order chi connectivity index (χ1) is 10.2. The van der Waals surface area contributed by atoms with Gasteiger partial charge >= 0.3 is 0 Å². The molecular weight excluding hydrogens is 268 g/mol. The number of hydrogen-bond donors (Lipinski definition) is 0. The lowest BCUT2D eigenvalue weighted by Crippen LogP contribution is -2.52. The number of fused-ring (bicyclic) bond motifs is 4. The van der Waals surface area contributed by atoms with Crippen LogP contribution < -0.4 is 10.4 Å². The SMILES string of the molecule is CCC[Si]1(C)c2ccccc2-c2cc3ccccc3cc21. The molecule has 0 saturated carbocycles. The molecule has 1 heterocycles. The summed E-state index contributed by atoms with van der Waals surface area (Å²) < 4.78 is 0. The summed E-state index contributed by atoms with van der Waals surface area (Å²) in [4.78, 5) is 0. The lowest BCUT2D eigenvalue weighted by Gasteiger charge is -2.24. The topological polar surface area (TPSA) is 0 Å². The molecule has 1 atom stereocenters. The molecule has 104 valence electrons. The standard InChI is InChI=1S/C20H20Si/c1-3-12-21(2)19-11-7-6-10-17(19)18-13-15-8-4-5-9-16(15)14-20(18)21/h4-11,13-14H,3,12H2,1-2H3. The second kappa shape index (κ2) is 4.57. The first-order valence-corrected chi connectivity index (χ1v) is 10.6. The minimum atomic E-state index is -1.54. The van der Waals surface area contributed by atoms with Crippen LogP contribution in [0.3, 0.4) is 0 Å². The lowest BCUT2D eigenvalue weighted by molar-refractivity contribution is 1.06. The van der Waals surface area contributed by atoms with E-state index in [2.05, 4.69) is 74.1 Å². The Bertz CT molecular complexity index is 834. The summed E-state index contributed by atoms with van der Waals surface area (Å²) in [7, 11) is -1.54. The monoisotopic (exact) mass is 288 g/mol. The Balaban J connectivity index is 2.09. The van der Waals surface area contributed by atoms with Crippen molar-refractivity contribution in [3.05, 3.63) is 60.7 Å². The van der Waals surface area contributed by atoms with Crippen LogP contribution >= 0.6 is 0 Å². The molecule has 0 spiro atoms. The molecule has 0 radical (unpaired) electrons. The maximum atomic E-state index is 2.55. The predicted molar refractivity (Wildman–Crippen MR) is 95.4 cm³/mol. The Morgan fingerprint density at radius 2 is 1.43 bits per heavy atom. The van der Waals surface area contributed by atoms with Crippen molar-refractivity contribution in [1.82, 2.24) is 0 Å². The van der Waals surface area contributed by atoms with Gasteiger partial charge in [0.2, 0.25) is 0 Å². The average Bonchev–Trinajstić information content (AvgIpc) is 2.76. The molecule has 0 saturated heterocycles. The van der Waals surface area contributed by atoms with E-state index in [9.17, 15) is 0 Å². The molecule has 0 aromatic heterocycles. The van der Waals surface area contributed by atoms with E-state index in [-0.39, 0.29) is 0 Å². The summed E-state index contributed by atoms with van der Waals surface area (Å²) in [6.07, 6.45) is 1.27. The van der Waals surface area contributed by atoms with Gasteiger partial charge in [0.05, 0.1) is 0 Å². The van der Waals surface area contributed by atoms with Crippen molar-refractivity contribution < 1.29 is 0 Å². The van der Waals surface area contributed by atoms with Gasteiger partial charge in [0, 0.05) is 0 Å². The lowest BCUT2D eigenvalue weighted by atomic mass is 10.0. The van der Waals surface area contributed by atoms with E-state index in [0.717, 1.165) is 0 Å². The number of benzene rings is 3. The fourth-order valence-electron chi connectivity index (χ4n) is 4.03. The Labute approximate surface area is 127 Å². The molecule has 4 rings (SSSR count). The van der Waals surface area contributed by atoms with E-state index in [1.54, 1.807) is 10.4 Å². The van der Waals surface area contributed by atoms with Gasteiger partial charge in [-0.3, -0.25) is 0 Å². The Hall–Kier alpha value is -1.86. The zero-order chi connectivity index (χ0) is 14.4. The van der Waals surface area contributed by atoms with Gasteiger partial charge in [-0.1, -0.05) is 74.5 Å². The van der Waals surface area contributed by atoms with E-state index in [1.165, 1.54) is 34.4 Å². The van der Waals surface area contributed by atoms with Crippen LogP contribution in [0.1, 0.15) is 13.3 Å². The summed E-state index contributed by atoms with van der Waals surface area (Å²) in [5.74, 6) is 0. The zero-order valence-corrected chi connectivity index (χ0v) is 13.7. The van der Waals surface area contributed by atoms with Gasteiger partial charge in [0.25, 0.3) is 0 Å². The number of rotatable bonds is 2. The summed E-state index contributed by atoms with van der Waals surface area (Å²) in [6, 6.07) is 24.1. The third-order valence-electron chi connectivity index (χ3n) is 5.04. The molecule has 1 aliphatic heterocycles. The van der Waals surface area contributed by atoms with Gasteiger partial charge in [-0.05, 0) is 44.4 Å². The van der Waals surface area contributed by atoms with Crippen LogP contribution in [-0.4, -0.2) is 8.07 Å². The molecule has 0 fully saturated rings. The van der Waals surface area contributed by atoms with Gasteiger partial charge < -0.3 is 0 Å². The highest BCUT2D eigenvalue weighted by molar-refractivity contribution is 7.04. The summed E-state index contributed by atoms with van der Waals surface area (Å²) in [5, 5.41) is 6.03. The molecule has 0 bridgehead atoms. The van der Waals surface area contributed by atoms with Crippen LogP contribution in [0.15, 0.2) is 60.7 Å². The highest BCUT2D eigenvalue weighted by Crippen LogP contribution is 2.33. The highest BCUT2D eigenvalue weighted by atomic mass is 28.3. The van der Waals surface area contributed by atoms with Gasteiger partial charge in [-0.15, -0.1) is 0 Å². The van der Waals surface area contributed by atoms with Crippen molar-refractivity contribution in [2.45, 2.75) is 25.9 Å². The quantitative estimate of drug-likeness (QED) is 0.612. The molecule has 0 aliphatic carbocycles. The maximum Gasteiger partial charge on any atom is 0.116 e. The van der Waals surface area contributed by atoms with E-state index in [0.29, 0.717) is 0 Å². The molecule has 0 N–H and O–H groups in total. The average molecular weight is 288 g/mol. The summed E-state index contributed by atoms with van der Waals surface area (Å²) in [5.41, 5.74) is 2.98. The molecule has 0 amide bonds. The Morgan fingerprint density at radius 3 is 2.19 bits per heavy atom. The zero-order valence-electron chi connectivity index (χ0n) is 12.7. The molecule has 3 aromatic carbocycles. The van der Waals surface area contributed by atoms with E-state index >= 15 is 0 Å². The van der Waals surface area contributed by atoms with Crippen molar-refractivity contribution >= 4 is 29.2 Å². The van der Waals surface area contributed by atoms with Crippen molar-refractivity contribution in [2.24, 2.45) is 0 Å². The van der Waals surface area contributed by atoms with Crippen molar-refractivity contribution in [2.75, 3.05) is 0 Å². The minimum absolute atomic E-state index is 1.27. The van der Waals surface area contributed by atoms with Crippen LogP contribution in [-0.2, 0) is 0 Å². The van der Waals surface area contributed by atoms with Crippen molar-refractivity contribution in [3.63, 3.8) is 0 Å². The molecule has 1 unspecified atom stereocenters. The maximum absolute atomic E-state index is 2.55. The Morgan fingerprint density at radius 1 is 0.762 bits per heavy atom. The van der Waals surface area contributed by atoms with Gasteiger partial charge in [-0.25, -0.2) is 0 Å². The fourth-order valence-corrected chi connectivity index (χ4v) is 8.41. The Kier molecular flexibility index (Phi) is 2.80. The smallest absolute Gasteiger partial charge is 0.0656 e. The summed E-state index contributed by atoms with van der Waals surface area (Å²) in [6.45, 7) is 4.87. The van der Waals surface area contributed by atoms with Crippen LogP contribution in [0.5, 0.6) is 0 Å². The van der Waals surface area contributed by atoms with Gasteiger partial charge in [-0.2, -0.15) is 0 Å². The van der Waals surface area contributed by atoms with Crippen LogP contribution in [0.2, 0.25) is 12.6 Å². The van der Waals surface area contributed by atoms with E-state index < -0.39 is 8.07 Å². The summed E-state index contributed by atoms with van der Waals surface area (Å²) >= 11 is 0.